The summed E-state index contributed by atoms with van der Waals surface area (Å²) in [5, 5.41) is 3.28. The van der Waals surface area contributed by atoms with Gasteiger partial charge in [0.1, 0.15) is 5.00 Å². The molecule has 0 atom stereocenters. The summed E-state index contributed by atoms with van der Waals surface area (Å²) in [5.74, 6) is -0.949. The first-order valence-corrected chi connectivity index (χ1v) is 12.9. The van der Waals surface area contributed by atoms with Crippen molar-refractivity contribution in [2.24, 2.45) is 0 Å². The summed E-state index contributed by atoms with van der Waals surface area (Å²) in [5.41, 5.74) is 1.76. The number of hydrogen-bond acceptors (Lipinski definition) is 6. The van der Waals surface area contributed by atoms with Gasteiger partial charge in [-0.15, -0.1) is 11.3 Å². The molecule has 0 spiro atoms. The second kappa shape index (κ2) is 9.36. The van der Waals surface area contributed by atoms with Gasteiger partial charge in [0.15, 0.2) is 0 Å². The number of para-hydroxylation sites is 1. The van der Waals surface area contributed by atoms with E-state index in [1.165, 1.54) is 30.5 Å². The standard InChI is InChI=1S/C24H24N2O5S2/c1-3-31-24(28)21-18-13-9-15-20(18)32-23(21)25-22(27)17-12-7-8-14-19(17)26(2)33(29,30)16-10-5-4-6-11-16/h4-8,10-12,14H,3,9,13,15H2,1-2H3,(H,25,27). The molecule has 0 radical (unpaired) electrons. The Balaban J connectivity index is 1.68. The lowest BCUT2D eigenvalue weighted by atomic mass is 10.1. The molecule has 33 heavy (non-hydrogen) atoms. The lowest BCUT2D eigenvalue weighted by Crippen LogP contribution is -2.29. The van der Waals surface area contributed by atoms with Crippen LogP contribution < -0.4 is 9.62 Å². The van der Waals surface area contributed by atoms with Crippen LogP contribution in [0.2, 0.25) is 0 Å². The number of nitrogens with one attached hydrogen (secondary N) is 1. The lowest BCUT2D eigenvalue weighted by molar-refractivity contribution is 0.0527. The normalized spacial score (nSPS) is 12.8. The molecule has 2 aromatic carbocycles. The number of carbonyl (C=O) groups excluding carboxylic acids is 2. The first kappa shape index (κ1) is 23.0. The van der Waals surface area contributed by atoms with Crippen LogP contribution in [0.1, 0.15) is 44.5 Å². The minimum atomic E-state index is -3.87. The maximum atomic E-state index is 13.3. The molecule has 0 fully saturated rings. The molecule has 1 aromatic heterocycles. The summed E-state index contributed by atoms with van der Waals surface area (Å²) >= 11 is 1.38. The van der Waals surface area contributed by atoms with E-state index in [1.807, 2.05) is 0 Å². The van der Waals surface area contributed by atoms with Crippen molar-refractivity contribution in [3.8, 4) is 0 Å². The molecule has 0 bridgehead atoms. The largest absolute Gasteiger partial charge is 0.462 e. The third kappa shape index (κ3) is 4.38. The van der Waals surface area contributed by atoms with E-state index in [4.69, 9.17) is 4.74 Å². The van der Waals surface area contributed by atoms with E-state index in [0.29, 0.717) is 10.6 Å². The van der Waals surface area contributed by atoms with E-state index in [1.54, 1.807) is 49.4 Å². The molecule has 1 N–H and O–H groups in total. The average molecular weight is 485 g/mol. The first-order valence-electron chi connectivity index (χ1n) is 10.6. The summed E-state index contributed by atoms with van der Waals surface area (Å²) in [4.78, 5) is 27.1. The molecule has 4 rings (SSSR count). The van der Waals surface area contributed by atoms with Gasteiger partial charge in [-0.25, -0.2) is 13.2 Å². The fourth-order valence-corrected chi connectivity index (χ4v) is 6.41. The van der Waals surface area contributed by atoms with Gasteiger partial charge in [0.05, 0.1) is 28.3 Å². The van der Waals surface area contributed by atoms with E-state index in [9.17, 15) is 18.0 Å². The third-order valence-corrected chi connectivity index (χ3v) is 8.51. The monoisotopic (exact) mass is 484 g/mol. The first-order chi connectivity index (χ1) is 15.8. The highest BCUT2D eigenvalue weighted by Crippen LogP contribution is 2.40. The fourth-order valence-electron chi connectivity index (χ4n) is 3.90. The Morgan fingerprint density at radius 2 is 1.76 bits per heavy atom. The SMILES string of the molecule is CCOC(=O)c1c(NC(=O)c2ccccc2N(C)S(=O)(=O)c2ccccc2)sc2c1CCC2. The van der Waals surface area contributed by atoms with Crippen molar-refractivity contribution in [1.29, 1.82) is 0 Å². The summed E-state index contributed by atoms with van der Waals surface area (Å²) in [6, 6.07) is 14.5. The van der Waals surface area contributed by atoms with E-state index in [-0.39, 0.29) is 22.8 Å². The van der Waals surface area contributed by atoms with E-state index in [0.717, 1.165) is 34.0 Å². The predicted octanol–water partition coefficient (Wildman–Crippen LogP) is 4.49. The molecule has 1 amide bonds. The van der Waals surface area contributed by atoms with Gasteiger partial charge >= 0.3 is 5.97 Å². The van der Waals surface area contributed by atoms with Crippen molar-refractivity contribution in [2.45, 2.75) is 31.1 Å². The molecule has 1 aliphatic carbocycles. The van der Waals surface area contributed by atoms with Crippen LogP contribution in [0.4, 0.5) is 10.7 Å². The molecule has 0 saturated carbocycles. The van der Waals surface area contributed by atoms with Crippen molar-refractivity contribution >= 4 is 43.9 Å². The molecular formula is C24H24N2O5S2. The Hall–Kier alpha value is -3.17. The highest BCUT2D eigenvalue weighted by atomic mass is 32.2. The zero-order chi connectivity index (χ0) is 23.6. The Kier molecular flexibility index (Phi) is 6.53. The van der Waals surface area contributed by atoms with Crippen LogP contribution in [0.15, 0.2) is 59.5 Å². The highest BCUT2D eigenvalue weighted by Gasteiger charge is 2.30. The minimum absolute atomic E-state index is 0.127. The number of nitrogens with zero attached hydrogens (tertiary/aromatic N) is 1. The lowest BCUT2D eigenvalue weighted by Gasteiger charge is -2.22. The molecule has 0 aliphatic heterocycles. The van der Waals surface area contributed by atoms with Gasteiger partial charge in [-0.3, -0.25) is 9.10 Å². The van der Waals surface area contributed by atoms with Crippen LogP contribution >= 0.6 is 11.3 Å². The Morgan fingerprint density at radius 3 is 2.48 bits per heavy atom. The number of thiophene rings is 1. The number of amides is 1. The highest BCUT2D eigenvalue weighted by molar-refractivity contribution is 7.92. The van der Waals surface area contributed by atoms with Gasteiger partial charge < -0.3 is 10.1 Å². The summed E-state index contributed by atoms with van der Waals surface area (Å²) in [6.45, 7) is 1.98. The van der Waals surface area contributed by atoms with E-state index in [2.05, 4.69) is 5.32 Å². The van der Waals surface area contributed by atoms with Crippen LogP contribution in [-0.2, 0) is 27.6 Å². The van der Waals surface area contributed by atoms with Gasteiger partial charge in [-0.05, 0) is 56.0 Å². The van der Waals surface area contributed by atoms with Gasteiger partial charge in [0.25, 0.3) is 15.9 Å². The molecule has 9 heteroatoms. The number of esters is 1. The molecule has 0 saturated heterocycles. The van der Waals surface area contributed by atoms with Gasteiger partial charge in [0, 0.05) is 11.9 Å². The number of sulfonamides is 1. The zero-order valence-corrected chi connectivity index (χ0v) is 20.0. The summed E-state index contributed by atoms with van der Waals surface area (Å²) in [7, 11) is -2.45. The molecular weight excluding hydrogens is 460 g/mol. The van der Waals surface area contributed by atoms with E-state index < -0.39 is 21.9 Å². The van der Waals surface area contributed by atoms with Crippen molar-refractivity contribution in [3.05, 3.63) is 76.2 Å². The van der Waals surface area contributed by atoms with Crippen molar-refractivity contribution in [3.63, 3.8) is 0 Å². The maximum Gasteiger partial charge on any atom is 0.341 e. The summed E-state index contributed by atoms with van der Waals surface area (Å²) in [6.07, 6.45) is 2.59. The average Bonchev–Trinajstić information content (AvgIpc) is 3.40. The van der Waals surface area contributed by atoms with Crippen LogP contribution in [0.3, 0.4) is 0 Å². The maximum absolute atomic E-state index is 13.3. The molecule has 3 aromatic rings. The van der Waals surface area contributed by atoms with Crippen LogP contribution in [-0.4, -0.2) is 33.9 Å². The number of carbonyl (C=O) groups is 2. The minimum Gasteiger partial charge on any atom is -0.462 e. The predicted molar refractivity (Wildman–Crippen MR) is 129 cm³/mol. The Labute approximate surface area is 197 Å². The molecule has 1 heterocycles. The Bertz CT molecular complexity index is 1300. The van der Waals surface area contributed by atoms with Crippen LogP contribution in [0, 0.1) is 0 Å². The number of ether oxygens (including phenoxy) is 1. The third-order valence-electron chi connectivity index (χ3n) is 5.52. The molecule has 0 unspecified atom stereocenters. The fraction of sp³-hybridized carbons (Fsp3) is 0.250. The number of fused-ring (bicyclic) bond motifs is 1. The summed E-state index contributed by atoms with van der Waals surface area (Å²) < 4.78 is 32.5. The second-order valence-electron chi connectivity index (χ2n) is 7.54. The second-order valence-corrected chi connectivity index (χ2v) is 10.6. The zero-order valence-electron chi connectivity index (χ0n) is 18.3. The number of aryl methyl sites for hydroxylation is 1. The van der Waals surface area contributed by atoms with Crippen LogP contribution in [0.25, 0.3) is 0 Å². The number of rotatable bonds is 7. The van der Waals surface area contributed by atoms with Crippen LogP contribution in [0.5, 0.6) is 0 Å². The number of hydrogen-bond donors (Lipinski definition) is 1. The van der Waals surface area contributed by atoms with Gasteiger partial charge in [-0.1, -0.05) is 30.3 Å². The van der Waals surface area contributed by atoms with Gasteiger partial charge in [0.2, 0.25) is 0 Å². The van der Waals surface area contributed by atoms with Crippen molar-refractivity contribution in [1.82, 2.24) is 0 Å². The van der Waals surface area contributed by atoms with Crippen molar-refractivity contribution < 1.29 is 22.7 Å². The number of benzene rings is 2. The quantitative estimate of drug-likeness (QED) is 0.499. The molecule has 1 aliphatic rings. The smallest absolute Gasteiger partial charge is 0.341 e. The molecule has 172 valence electrons. The van der Waals surface area contributed by atoms with E-state index >= 15 is 0 Å². The Morgan fingerprint density at radius 1 is 1.06 bits per heavy atom. The van der Waals surface area contributed by atoms with Crippen molar-refractivity contribution in [2.75, 3.05) is 23.3 Å². The number of anilines is 2. The molecule has 7 nitrogen and oxygen atoms in total. The van der Waals surface area contributed by atoms with Gasteiger partial charge in [-0.2, -0.15) is 0 Å². The topological polar surface area (TPSA) is 92.8 Å².